The summed E-state index contributed by atoms with van der Waals surface area (Å²) >= 11 is 0. The van der Waals surface area contributed by atoms with Crippen molar-refractivity contribution in [2.45, 2.75) is 55.4 Å². The molecule has 0 heteroatoms. The highest BCUT2D eigenvalue weighted by atomic mass is 14.0. The Morgan fingerprint density at radius 3 is 0.692 bits per heavy atom. The maximum absolute atomic E-state index is 2.27. The van der Waals surface area contributed by atoms with Crippen molar-refractivity contribution in [2.24, 2.45) is 0 Å². The number of fused-ring (bicyclic) bond motifs is 3. The Kier molecular flexibility index (Phi) is 12.6. The van der Waals surface area contributed by atoms with E-state index >= 15 is 0 Å². The lowest BCUT2D eigenvalue weighted by Crippen LogP contribution is -1.78. The third-order valence-electron chi connectivity index (χ3n) is 3.57. The summed E-state index contributed by atoms with van der Waals surface area (Å²) < 4.78 is 0. The van der Waals surface area contributed by atoms with Gasteiger partial charge >= 0.3 is 0 Å². The first-order valence-corrected chi connectivity index (χ1v) is 10.2. The molecular weight excluding hydrogens is 312 g/mol. The smallest absolute Gasteiger partial charge is 0.0171 e. The largest absolute Gasteiger partial charge is 0.0683 e. The van der Waals surface area contributed by atoms with Gasteiger partial charge in [-0.25, -0.2) is 0 Å². The van der Waals surface area contributed by atoms with Crippen molar-refractivity contribution >= 4 is 32.3 Å². The zero-order valence-electron chi connectivity index (χ0n) is 17.9. The van der Waals surface area contributed by atoms with Gasteiger partial charge in [0.25, 0.3) is 0 Å². The first-order valence-electron chi connectivity index (χ1n) is 10.2. The Balaban J connectivity index is 0.000000698. The van der Waals surface area contributed by atoms with Crippen molar-refractivity contribution in [3.05, 3.63) is 72.8 Å². The third kappa shape index (κ3) is 5.88. The van der Waals surface area contributed by atoms with Crippen LogP contribution in [0.5, 0.6) is 0 Å². The average molecular weight is 349 g/mol. The molecule has 0 bridgehead atoms. The average Bonchev–Trinajstić information content (AvgIpc) is 2.76. The third-order valence-corrected chi connectivity index (χ3v) is 3.57. The van der Waals surface area contributed by atoms with E-state index in [2.05, 4.69) is 72.8 Å². The van der Waals surface area contributed by atoms with Crippen molar-refractivity contribution in [1.29, 1.82) is 0 Å². The highest BCUT2D eigenvalue weighted by molar-refractivity contribution is 6.04. The molecule has 26 heavy (non-hydrogen) atoms. The molecule has 0 aliphatic rings. The van der Waals surface area contributed by atoms with E-state index < -0.39 is 0 Å². The predicted octanol–water partition coefficient (Wildman–Crippen LogP) is 9.25. The standard InChI is InChI=1S/C18H12.4C2H6/c1-2-6-14-10-18-12-16-8-4-3-7-15(16)11-17(18)9-13(14)5-1;4*1-2/h1-12H;4*1-2H3. The highest BCUT2D eigenvalue weighted by Crippen LogP contribution is 2.27. The molecule has 0 aliphatic carbocycles. The fourth-order valence-electron chi connectivity index (χ4n) is 2.63. The van der Waals surface area contributed by atoms with Crippen LogP contribution in [-0.2, 0) is 0 Å². The van der Waals surface area contributed by atoms with Crippen LogP contribution < -0.4 is 0 Å². The molecule has 0 aliphatic heterocycles. The van der Waals surface area contributed by atoms with Crippen LogP contribution in [0.3, 0.4) is 0 Å². The van der Waals surface area contributed by atoms with Gasteiger partial charge in [0.2, 0.25) is 0 Å². The summed E-state index contributed by atoms with van der Waals surface area (Å²) in [6.45, 7) is 16.0. The first kappa shape index (κ1) is 23.7. The molecule has 0 radical (unpaired) electrons. The molecule has 0 saturated heterocycles. The number of hydrogen-bond donors (Lipinski definition) is 0. The summed E-state index contributed by atoms with van der Waals surface area (Å²) in [7, 11) is 0. The van der Waals surface area contributed by atoms with Crippen LogP contribution in [0.1, 0.15) is 55.4 Å². The second kappa shape index (κ2) is 13.9. The van der Waals surface area contributed by atoms with E-state index in [0.29, 0.717) is 0 Å². The molecule has 0 saturated carbocycles. The number of benzene rings is 4. The Labute approximate surface area is 160 Å². The van der Waals surface area contributed by atoms with Crippen LogP contribution in [0.2, 0.25) is 0 Å². The summed E-state index contributed by atoms with van der Waals surface area (Å²) in [5, 5.41) is 7.85. The highest BCUT2D eigenvalue weighted by Gasteiger charge is 2.00. The van der Waals surface area contributed by atoms with E-state index in [4.69, 9.17) is 0 Å². The lowest BCUT2D eigenvalue weighted by molar-refractivity contribution is 1.50. The van der Waals surface area contributed by atoms with Gasteiger partial charge in [0.1, 0.15) is 0 Å². The lowest BCUT2D eigenvalue weighted by Gasteiger charge is -2.04. The molecule has 0 heterocycles. The van der Waals surface area contributed by atoms with Crippen LogP contribution in [0.15, 0.2) is 72.8 Å². The van der Waals surface area contributed by atoms with E-state index in [1.165, 1.54) is 32.3 Å². The Hall–Kier alpha value is -2.34. The van der Waals surface area contributed by atoms with E-state index in [-0.39, 0.29) is 0 Å². The number of rotatable bonds is 0. The van der Waals surface area contributed by atoms with E-state index in [1.807, 2.05) is 55.4 Å². The fourth-order valence-corrected chi connectivity index (χ4v) is 2.63. The second-order valence-corrected chi connectivity index (χ2v) is 4.75. The van der Waals surface area contributed by atoms with Gasteiger partial charge in [0.15, 0.2) is 0 Å². The summed E-state index contributed by atoms with van der Waals surface area (Å²) in [4.78, 5) is 0. The molecule has 0 spiro atoms. The molecule has 0 atom stereocenters. The van der Waals surface area contributed by atoms with Crippen molar-refractivity contribution in [1.82, 2.24) is 0 Å². The molecular formula is C26H36. The van der Waals surface area contributed by atoms with Gasteiger partial charge in [-0.1, -0.05) is 104 Å². The number of hydrogen-bond acceptors (Lipinski definition) is 0. The molecule has 4 aromatic carbocycles. The van der Waals surface area contributed by atoms with Gasteiger partial charge in [-0.2, -0.15) is 0 Å². The molecule has 0 nitrogen and oxygen atoms in total. The van der Waals surface area contributed by atoms with Gasteiger partial charge in [0.05, 0.1) is 0 Å². The van der Waals surface area contributed by atoms with Crippen molar-refractivity contribution in [2.75, 3.05) is 0 Å². The van der Waals surface area contributed by atoms with Gasteiger partial charge in [0, 0.05) is 0 Å². The Morgan fingerprint density at radius 2 is 0.500 bits per heavy atom. The van der Waals surface area contributed by atoms with Gasteiger partial charge in [-0.15, -0.1) is 0 Å². The first-order chi connectivity index (χ1) is 12.9. The van der Waals surface area contributed by atoms with Crippen LogP contribution in [0.4, 0.5) is 0 Å². The molecule has 4 aromatic rings. The monoisotopic (exact) mass is 348 g/mol. The van der Waals surface area contributed by atoms with Crippen molar-refractivity contribution < 1.29 is 0 Å². The van der Waals surface area contributed by atoms with E-state index in [0.717, 1.165) is 0 Å². The molecule has 0 fully saturated rings. The zero-order valence-corrected chi connectivity index (χ0v) is 17.9. The minimum Gasteiger partial charge on any atom is -0.0683 e. The summed E-state index contributed by atoms with van der Waals surface area (Å²) in [6.07, 6.45) is 0. The van der Waals surface area contributed by atoms with Crippen LogP contribution in [0, 0.1) is 0 Å². The van der Waals surface area contributed by atoms with E-state index in [9.17, 15) is 0 Å². The maximum atomic E-state index is 2.27. The lowest BCUT2D eigenvalue weighted by atomic mass is 10.00. The molecule has 0 aromatic heterocycles. The van der Waals surface area contributed by atoms with E-state index in [1.54, 1.807) is 0 Å². The SMILES string of the molecule is CC.CC.CC.CC.c1ccc2cc3cc4ccccc4cc3cc2c1. The molecule has 4 rings (SSSR count). The van der Waals surface area contributed by atoms with Gasteiger partial charge < -0.3 is 0 Å². The minimum atomic E-state index is 1.31. The summed E-state index contributed by atoms with van der Waals surface area (Å²) in [5.41, 5.74) is 0. The van der Waals surface area contributed by atoms with Gasteiger partial charge in [-0.05, 0) is 56.6 Å². The molecule has 140 valence electrons. The summed E-state index contributed by atoms with van der Waals surface area (Å²) in [6, 6.07) is 26.2. The summed E-state index contributed by atoms with van der Waals surface area (Å²) in [5.74, 6) is 0. The predicted molar refractivity (Wildman–Crippen MR) is 124 cm³/mol. The van der Waals surface area contributed by atoms with Crippen molar-refractivity contribution in [3.8, 4) is 0 Å². The van der Waals surface area contributed by atoms with Crippen LogP contribution in [-0.4, -0.2) is 0 Å². The minimum absolute atomic E-state index is 1.31. The Morgan fingerprint density at radius 1 is 0.308 bits per heavy atom. The zero-order chi connectivity index (χ0) is 19.9. The molecule has 0 amide bonds. The second-order valence-electron chi connectivity index (χ2n) is 4.75. The van der Waals surface area contributed by atoms with Crippen LogP contribution >= 0.6 is 0 Å². The van der Waals surface area contributed by atoms with Crippen LogP contribution in [0.25, 0.3) is 32.3 Å². The quantitative estimate of drug-likeness (QED) is 0.278. The normalized spacial score (nSPS) is 8.77. The molecule has 0 unspecified atom stereocenters. The Bertz CT molecular complexity index is 728. The van der Waals surface area contributed by atoms with Gasteiger partial charge in [-0.3, -0.25) is 0 Å². The van der Waals surface area contributed by atoms with Crippen molar-refractivity contribution in [3.63, 3.8) is 0 Å². The topological polar surface area (TPSA) is 0 Å². The maximum Gasteiger partial charge on any atom is -0.0171 e. The fraction of sp³-hybridized carbons (Fsp3) is 0.308. The molecule has 0 N–H and O–H groups in total.